The monoisotopic (exact) mass is 282 g/mol. The van der Waals surface area contributed by atoms with E-state index in [9.17, 15) is 0 Å². The normalized spacial score (nSPS) is 12.7. The second kappa shape index (κ2) is 5.67. The van der Waals surface area contributed by atoms with Crippen LogP contribution >= 0.6 is 0 Å². The van der Waals surface area contributed by atoms with E-state index in [0.717, 1.165) is 6.42 Å². The second-order valence-corrected chi connectivity index (χ2v) is 5.57. The van der Waals surface area contributed by atoms with Crippen LogP contribution in [0.15, 0.2) is 66.2 Å². The molecule has 0 unspecified atom stereocenters. The van der Waals surface area contributed by atoms with E-state index in [1.165, 1.54) is 38.6 Å². The van der Waals surface area contributed by atoms with Gasteiger partial charge in [0.1, 0.15) is 0 Å². The minimum atomic E-state index is 0. The molecule has 0 aliphatic heterocycles. The molecule has 0 radical (unpaired) electrons. The molecular weight excluding hydrogens is 265 g/mol. The van der Waals surface area contributed by atoms with Gasteiger partial charge in [0.25, 0.3) is 0 Å². The third kappa shape index (κ3) is 2.41. The van der Waals surface area contributed by atoms with Crippen molar-refractivity contribution >= 4 is 39.9 Å². The summed E-state index contributed by atoms with van der Waals surface area (Å²) in [4.78, 5) is 0. The van der Waals surface area contributed by atoms with Gasteiger partial charge in [-0.1, -0.05) is 72.3 Å². The molecular formula is C20H18Mg. The molecule has 100 valence electrons. The van der Waals surface area contributed by atoms with Gasteiger partial charge in [0.05, 0.1) is 0 Å². The van der Waals surface area contributed by atoms with Crippen LogP contribution in [0.5, 0.6) is 0 Å². The third-order valence-corrected chi connectivity index (χ3v) is 4.14. The van der Waals surface area contributed by atoms with Crippen molar-refractivity contribution < 1.29 is 2.85 Å². The van der Waals surface area contributed by atoms with Crippen LogP contribution in [0.3, 0.4) is 0 Å². The molecule has 3 aromatic rings. The van der Waals surface area contributed by atoms with Crippen molar-refractivity contribution in [2.45, 2.75) is 13.3 Å². The average molecular weight is 283 g/mol. The first-order valence-electron chi connectivity index (χ1n) is 7.10. The maximum atomic E-state index is 2.34. The Morgan fingerprint density at radius 3 is 2.43 bits per heavy atom. The molecule has 0 bridgehead atoms. The van der Waals surface area contributed by atoms with Gasteiger partial charge in [-0.15, -0.1) is 0 Å². The fraction of sp³-hybridized carbons (Fsp3) is 0.100. The van der Waals surface area contributed by atoms with Crippen LogP contribution in [0.4, 0.5) is 0 Å². The predicted octanol–water partition coefficient (Wildman–Crippen LogP) is 5.31. The van der Waals surface area contributed by atoms with E-state index in [1.54, 1.807) is 0 Å². The van der Waals surface area contributed by atoms with Gasteiger partial charge in [0, 0.05) is 0 Å². The molecule has 0 fully saturated rings. The molecule has 21 heavy (non-hydrogen) atoms. The van der Waals surface area contributed by atoms with Gasteiger partial charge >= 0.3 is 23.1 Å². The Labute approximate surface area is 144 Å². The fourth-order valence-electron chi connectivity index (χ4n) is 3.23. The summed E-state index contributed by atoms with van der Waals surface area (Å²) in [6.45, 7) is 2.22. The molecule has 0 atom stereocenters. The van der Waals surface area contributed by atoms with Crippen LogP contribution < -0.4 is 0 Å². The van der Waals surface area contributed by atoms with Crippen molar-refractivity contribution in [2.75, 3.05) is 0 Å². The number of allylic oxidation sites excluding steroid dienone is 1. The summed E-state index contributed by atoms with van der Waals surface area (Å²) in [5.74, 6) is 0. The van der Waals surface area contributed by atoms with Gasteiger partial charge in [-0.2, -0.15) is 0 Å². The second-order valence-electron chi connectivity index (χ2n) is 5.57. The summed E-state index contributed by atoms with van der Waals surface area (Å²) >= 11 is 0. The molecule has 0 N–H and O–H groups in total. The molecule has 0 aromatic heterocycles. The van der Waals surface area contributed by atoms with E-state index in [4.69, 9.17) is 0 Å². The first-order chi connectivity index (χ1) is 9.83. The summed E-state index contributed by atoms with van der Waals surface area (Å²) < 4.78 is 0. The van der Waals surface area contributed by atoms with E-state index >= 15 is 0 Å². The van der Waals surface area contributed by atoms with Gasteiger partial charge in [-0.25, -0.2) is 0 Å². The summed E-state index contributed by atoms with van der Waals surface area (Å²) in [6.07, 6.45) is 3.43. The van der Waals surface area contributed by atoms with Crippen molar-refractivity contribution in [2.24, 2.45) is 0 Å². The van der Waals surface area contributed by atoms with Gasteiger partial charge in [-0.3, -0.25) is 0 Å². The topological polar surface area (TPSA) is 0 Å². The summed E-state index contributed by atoms with van der Waals surface area (Å²) in [5, 5.41) is 2.64. The molecule has 3 aromatic carbocycles. The van der Waals surface area contributed by atoms with Crippen LogP contribution in [-0.4, -0.2) is 23.1 Å². The van der Waals surface area contributed by atoms with E-state index in [0.29, 0.717) is 0 Å². The first-order valence-corrected chi connectivity index (χ1v) is 7.10. The molecule has 0 heterocycles. The Morgan fingerprint density at radius 2 is 1.52 bits per heavy atom. The number of hydrogen-bond donors (Lipinski definition) is 0. The molecule has 0 saturated carbocycles. The number of hydrogen-bond acceptors (Lipinski definition) is 0. The largest absolute Gasteiger partial charge is 2.00 e. The maximum Gasteiger partial charge on any atom is 2.00 e. The minimum Gasteiger partial charge on any atom is -1.00 e. The molecule has 1 heteroatoms. The van der Waals surface area contributed by atoms with Gasteiger partial charge in [0.15, 0.2) is 0 Å². The van der Waals surface area contributed by atoms with Crippen LogP contribution in [0.2, 0.25) is 0 Å². The molecule has 0 saturated heterocycles. The van der Waals surface area contributed by atoms with Crippen LogP contribution in [-0.2, 0) is 6.42 Å². The first kappa shape index (κ1) is 14.4. The van der Waals surface area contributed by atoms with Gasteiger partial charge in [-0.05, 0) is 46.4 Å². The molecule has 0 spiro atoms. The zero-order valence-electron chi connectivity index (χ0n) is 14.3. The quantitative estimate of drug-likeness (QED) is 0.531. The smallest absolute Gasteiger partial charge is 1.00 e. The Hall–Kier alpha value is -1.57. The van der Waals surface area contributed by atoms with E-state index in [-0.39, 0.29) is 25.9 Å². The standard InChI is InChI=1S/C20H16.Mg.2H/c1-14-12-16-8-5-11-19(20(16)13-14)18-10-4-7-15-6-2-3-9-17(15)18;;;/h2-11,13H,12H2,1H3;;;/q;+2;2*-1. The van der Waals surface area contributed by atoms with Gasteiger partial charge < -0.3 is 2.85 Å². The average Bonchev–Trinajstić information content (AvgIpc) is 2.87. The van der Waals surface area contributed by atoms with Crippen molar-refractivity contribution in [3.63, 3.8) is 0 Å². The minimum absolute atomic E-state index is 0. The number of benzene rings is 3. The van der Waals surface area contributed by atoms with E-state index < -0.39 is 0 Å². The summed E-state index contributed by atoms with van der Waals surface area (Å²) in [6, 6.07) is 21.9. The SMILES string of the molecule is CC1=Cc2c(cccc2-c2cccc3ccccc23)C1.[H-].[H-].[Mg+2]. The third-order valence-electron chi connectivity index (χ3n) is 4.14. The molecule has 1 aliphatic rings. The Bertz CT molecular complexity index is 848. The Morgan fingerprint density at radius 1 is 0.810 bits per heavy atom. The van der Waals surface area contributed by atoms with Gasteiger partial charge in [0.2, 0.25) is 0 Å². The predicted molar refractivity (Wildman–Crippen MR) is 94.7 cm³/mol. The van der Waals surface area contributed by atoms with Crippen LogP contribution in [0.1, 0.15) is 20.9 Å². The summed E-state index contributed by atoms with van der Waals surface area (Å²) in [7, 11) is 0. The van der Waals surface area contributed by atoms with Crippen molar-refractivity contribution in [1.29, 1.82) is 0 Å². The zero-order valence-corrected chi connectivity index (χ0v) is 13.7. The molecule has 0 nitrogen and oxygen atoms in total. The number of fused-ring (bicyclic) bond motifs is 2. The maximum absolute atomic E-state index is 2.34. The molecule has 0 amide bonds. The van der Waals surface area contributed by atoms with E-state index in [1.807, 2.05) is 0 Å². The number of rotatable bonds is 1. The van der Waals surface area contributed by atoms with Crippen molar-refractivity contribution in [1.82, 2.24) is 0 Å². The Balaban J connectivity index is 0.000000882. The van der Waals surface area contributed by atoms with Crippen LogP contribution in [0, 0.1) is 0 Å². The van der Waals surface area contributed by atoms with Crippen molar-refractivity contribution in [3.8, 4) is 11.1 Å². The zero-order chi connectivity index (χ0) is 13.5. The Kier molecular flexibility index (Phi) is 3.88. The molecule has 4 rings (SSSR count). The molecule has 1 aliphatic carbocycles. The van der Waals surface area contributed by atoms with Crippen LogP contribution in [0.25, 0.3) is 28.0 Å². The summed E-state index contributed by atoms with van der Waals surface area (Å²) in [5.41, 5.74) is 7.00. The van der Waals surface area contributed by atoms with E-state index in [2.05, 4.69) is 73.7 Å². The fourth-order valence-corrected chi connectivity index (χ4v) is 3.23. The van der Waals surface area contributed by atoms with Crippen molar-refractivity contribution in [3.05, 3.63) is 77.4 Å².